The first kappa shape index (κ1) is 14.0. The maximum absolute atomic E-state index is 10.8. The molecule has 1 atom stereocenters. The molecule has 5 nitrogen and oxygen atoms in total. The number of carboxylic acid groups (broad SMARTS) is 2. The summed E-state index contributed by atoms with van der Waals surface area (Å²) in [6.45, 7) is 2.15. The van der Waals surface area contributed by atoms with Crippen molar-refractivity contribution in [2.75, 3.05) is 0 Å². The maximum Gasteiger partial charge on any atom is 0.321 e. The summed E-state index contributed by atoms with van der Waals surface area (Å²) in [4.78, 5) is 22.1. The van der Waals surface area contributed by atoms with E-state index in [0.29, 0.717) is 10.9 Å². The highest BCUT2D eigenvalue weighted by atomic mass is 35.5. The van der Waals surface area contributed by atoms with E-state index in [1.54, 1.807) is 0 Å². The van der Waals surface area contributed by atoms with Crippen LogP contribution in [0.1, 0.15) is 16.9 Å². The second-order valence-electron chi connectivity index (χ2n) is 3.54. The zero-order valence-corrected chi connectivity index (χ0v) is 10.6. The molecule has 0 unspecified atom stereocenters. The molecule has 0 fully saturated rings. The zero-order valence-electron chi connectivity index (χ0n) is 9.07. The lowest BCUT2D eigenvalue weighted by atomic mass is 10.2. The van der Waals surface area contributed by atoms with Crippen LogP contribution in [0.4, 0.5) is 0 Å². The Balaban J connectivity index is 2.57. The summed E-state index contributed by atoms with van der Waals surface area (Å²) >= 11 is 7.22. The molecule has 0 radical (unpaired) electrons. The van der Waals surface area contributed by atoms with Crippen molar-refractivity contribution >= 4 is 34.9 Å². The summed E-state index contributed by atoms with van der Waals surface area (Å²) in [7, 11) is 0. The van der Waals surface area contributed by atoms with Crippen molar-refractivity contribution in [1.29, 1.82) is 0 Å². The summed E-state index contributed by atoms with van der Waals surface area (Å²) in [5.74, 6) is -2.32. The molecule has 0 aliphatic heterocycles. The minimum atomic E-state index is -1.17. The van der Waals surface area contributed by atoms with Crippen molar-refractivity contribution in [3.05, 3.63) is 20.8 Å². The summed E-state index contributed by atoms with van der Waals surface area (Å²) in [5, 5.41) is 20.0. The van der Waals surface area contributed by atoms with Crippen LogP contribution in [0, 0.1) is 6.92 Å². The average molecular weight is 278 g/mol. The molecule has 3 N–H and O–H groups in total. The standard InChI is InChI=1S/C10H12ClNO4S/c1-5-2-6(17-9(5)11)4-12-7(10(15)16)3-8(13)14/h2,7,12H,3-4H2,1H3,(H,13,14)(H,15,16)/t7-/m1/s1. The van der Waals surface area contributed by atoms with Gasteiger partial charge in [-0.05, 0) is 18.6 Å². The molecular formula is C10H12ClNO4S. The maximum atomic E-state index is 10.8. The predicted octanol–water partition coefficient (Wildman–Crippen LogP) is 1.73. The highest BCUT2D eigenvalue weighted by molar-refractivity contribution is 7.16. The van der Waals surface area contributed by atoms with Crippen LogP contribution in [0.2, 0.25) is 4.34 Å². The van der Waals surface area contributed by atoms with E-state index < -0.39 is 24.4 Å². The van der Waals surface area contributed by atoms with Gasteiger partial charge in [-0.2, -0.15) is 0 Å². The fourth-order valence-electron chi connectivity index (χ4n) is 1.26. The fraction of sp³-hybridized carbons (Fsp3) is 0.400. The third-order valence-electron chi connectivity index (χ3n) is 2.11. The van der Waals surface area contributed by atoms with Gasteiger partial charge in [-0.3, -0.25) is 14.9 Å². The number of aryl methyl sites for hydroxylation is 1. The highest BCUT2D eigenvalue weighted by Gasteiger charge is 2.20. The Morgan fingerprint density at radius 3 is 2.59 bits per heavy atom. The van der Waals surface area contributed by atoms with E-state index in [9.17, 15) is 9.59 Å². The average Bonchev–Trinajstić information content (AvgIpc) is 2.52. The van der Waals surface area contributed by atoms with E-state index in [1.165, 1.54) is 11.3 Å². The molecule has 0 spiro atoms. The van der Waals surface area contributed by atoms with Gasteiger partial charge in [-0.15, -0.1) is 11.3 Å². The minimum absolute atomic E-state index is 0.294. The molecule has 0 aliphatic rings. The molecule has 0 saturated carbocycles. The number of hydrogen-bond acceptors (Lipinski definition) is 4. The molecule has 0 aromatic carbocycles. The summed E-state index contributed by atoms with van der Waals surface area (Å²) in [5.41, 5.74) is 0.929. The van der Waals surface area contributed by atoms with E-state index >= 15 is 0 Å². The Kier molecular flexibility index (Phi) is 4.92. The molecule has 0 aliphatic carbocycles. The number of halogens is 1. The second kappa shape index (κ2) is 6.00. The van der Waals surface area contributed by atoms with Gasteiger partial charge in [0.1, 0.15) is 6.04 Å². The molecule has 0 saturated heterocycles. The van der Waals surface area contributed by atoms with Gasteiger partial charge in [0.05, 0.1) is 10.8 Å². The van der Waals surface area contributed by atoms with Crippen LogP contribution in [0.25, 0.3) is 0 Å². The van der Waals surface area contributed by atoms with Crippen LogP contribution in [-0.2, 0) is 16.1 Å². The van der Waals surface area contributed by atoms with E-state index in [0.717, 1.165) is 10.4 Å². The minimum Gasteiger partial charge on any atom is -0.481 e. The molecule has 0 bridgehead atoms. The largest absolute Gasteiger partial charge is 0.481 e. The van der Waals surface area contributed by atoms with Crippen LogP contribution in [0.15, 0.2) is 6.07 Å². The highest BCUT2D eigenvalue weighted by Crippen LogP contribution is 2.26. The Labute approximate surface area is 107 Å². The molecule has 1 rings (SSSR count). The molecule has 7 heteroatoms. The lowest BCUT2D eigenvalue weighted by Crippen LogP contribution is -2.37. The summed E-state index contributed by atoms with van der Waals surface area (Å²) in [6.07, 6.45) is -0.451. The number of carboxylic acids is 2. The summed E-state index contributed by atoms with van der Waals surface area (Å²) in [6, 6.07) is 0.758. The van der Waals surface area contributed by atoms with Crippen LogP contribution in [-0.4, -0.2) is 28.2 Å². The van der Waals surface area contributed by atoms with Crippen molar-refractivity contribution < 1.29 is 19.8 Å². The molecule has 17 heavy (non-hydrogen) atoms. The SMILES string of the molecule is Cc1cc(CN[C@H](CC(=O)O)C(=O)O)sc1Cl. The number of nitrogens with one attached hydrogen (secondary N) is 1. The van der Waals surface area contributed by atoms with Gasteiger partial charge in [0, 0.05) is 11.4 Å². The number of thiophene rings is 1. The van der Waals surface area contributed by atoms with Crippen molar-refractivity contribution in [1.82, 2.24) is 5.32 Å². The van der Waals surface area contributed by atoms with Crippen LogP contribution < -0.4 is 5.32 Å². The van der Waals surface area contributed by atoms with Gasteiger partial charge < -0.3 is 10.2 Å². The number of carbonyl (C=O) groups is 2. The van der Waals surface area contributed by atoms with Crippen LogP contribution in [0.3, 0.4) is 0 Å². The molecular weight excluding hydrogens is 266 g/mol. The first-order chi connectivity index (χ1) is 7.90. The Hall–Kier alpha value is -1.11. The Bertz CT molecular complexity index is 412. The normalized spacial score (nSPS) is 12.4. The summed E-state index contributed by atoms with van der Waals surface area (Å²) < 4.78 is 0.659. The van der Waals surface area contributed by atoms with E-state index in [1.807, 2.05) is 13.0 Å². The lowest BCUT2D eigenvalue weighted by Gasteiger charge is -2.10. The van der Waals surface area contributed by atoms with Gasteiger partial charge in [-0.25, -0.2) is 0 Å². The fourth-order valence-corrected chi connectivity index (χ4v) is 2.45. The molecule has 0 amide bonds. The second-order valence-corrected chi connectivity index (χ2v) is 5.28. The molecule has 1 heterocycles. The number of hydrogen-bond donors (Lipinski definition) is 3. The van der Waals surface area contributed by atoms with Crippen molar-refractivity contribution in [3.8, 4) is 0 Å². The first-order valence-corrected chi connectivity index (χ1v) is 6.02. The first-order valence-electron chi connectivity index (χ1n) is 4.83. The topological polar surface area (TPSA) is 86.6 Å². The lowest BCUT2D eigenvalue weighted by molar-refractivity contribution is -0.146. The van der Waals surface area contributed by atoms with Crippen LogP contribution >= 0.6 is 22.9 Å². The zero-order chi connectivity index (χ0) is 13.0. The van der Waals surface area contributed by atoms with E-state index in [4.69, 9.17) is 21.8 Å². The van der Waals surface area contributed by atoms with Crippen molar-refractivity contribution in [3.63, 3.8) is 0 Å². The van der Waals surface area contributed by atoms with Crippen molar-refractivity contribution in [2.45, 2.75) is 25.9 Å². The monoisotopic (exact) mass is 277 g/mol. The number of rotatable bonds is 6. The Morgan fingerprint density at radius 2 is 2.18 bits per heavy atom. The quantitative estimate of drug-likeness (QED) is 0.737. The number of aliphatic carboxylic acids is 2. The smallest absolute Gasteiger partial charge is 0.321 e. The Morgan fingerprint density at radius 1 is 1.53 bits per heavy atom. The third-order valence-corrected chi connectivity index (χ3v) is 3.66. The van der Waals surface area contributed by atoms with Crippen molar-refractivity contribution in [2.24, 2.45) is 0 Å². The molecule has 1 aromatic heterocycles. The van der Waals surface area contributed by atoms with Gasteiger partial charge in [0.2, 0.25) is 0 Å². The predicted molar refractivity (Wildman–Crippen MR) is 64.6 cm³/mol. The van der Waals surface area contributed by atoms with E-state index in [-0.39, 0.29) is 0 Å². The van der Waals surface area contributed by atoms with Gasteiger partial charge >= 0.3 is 11.9 Å². The van der Waals surface area contributed by atoms with Gasteiger partial charge in [0.25, 0.3) is 0 Å². The van der Waals surface area contributed by atoms with E-state index in [2.05, 4.69) is 5.32 Å². The van der Waals surface area contributed by atoms with Gasteiger partial charge in [-0.1, -0.05) is 11.6 Å². The van der Waals surface area contributed by atoms with Gasteiger partial charge in [0.15, 0.2) is 0 Å². The third kappa shape index (κ3) is 4.33. The van der Waals surface area contributed by atoms with Crippen LogP contribution in [0.5, 0.6) is 0 Å². The molecule has 1 aromatic rings. The molecule has 94 valence electrons.